The molecule has 0 spiro atoms. The molecule has 4 aliphatic carbocycles. The molecule has 0 aromatic carbocycles. The molecule has 4 fully saturated rings. The van der Waals surface area contributed by atoms with Gasteiger partial charge < -0.3 is 0 Å². The van der Waals surface area contributed by atoms with Crippen molar-refractivity contribution in [2.24, 2.45) is 46.3 Å². The fourth-order valence-electron chi connectivity index (χ4n) is 8.84. The first-order valence-electron chi connectivity index (χ1n) is 12.2. The van der Waals surface area contributed by atoms with Crippen molar-refractivity contribution in [3.05, 3.63) is 21.8 Å². The van der Waals surface area contributed by atoms with E-state index < -0.39 is 0 Å². The summed E-state index contributed by atoms with van der Waals surface area (Å²) in [4.78, 5) is 0. The Bertz CT molecular complexity index is 632. The van der Waals surface area contributed by atoms with Crippen molar-refractivity contribution in [3.8, 4) is 0 Å². The molecule has 0 aromatic heterocycles. The van der Waals surface area contributed by atoms with Crippen LogP contribution in [0.4, 0.5) is 0 Å². The lowest BCUT2D eigenvalue weighted by molar-refractivity contribution is -0.0948. The summed E-state index contributed by atoms with van der Waals surface area (Å²) in [5.41, 5.74) is 4.14. The molecule has 0 amide bonds. The van der Waals surface area contributed by atoms with Gasteiger partial charge >= 0.3 is 0 Å². The summed E-state index contributed by atoms with van der Waals surface area (Å²) in [5.74, 6) is 5.84. The number of allylic oxidation sites excluding steroid dienone is 2. The monoisotopic (exact) mass is 494 g/mol. The van der Waals surface area contributed by atoms with Crippen LogP contribution in [0.5, 0.6) is 0 Å². The second kappa shape index (κ2) is 8.04. The second-order valence-electron chi connectivity index (χ2n) is 11.8. The number of rotatable bonds is 2. The normalized spacial score (nSPS) is 49.4. The maximum Gasteiger partial charge on any atom is -0.0109 e. The standard InChI is InChI=1S/C27H43I/c1-18(2)24-9-6-10-25-23-12-11-20-16-26(4,19(3)17-28)14-7-8-21(20)22(23)13-15-27(24,25)5/h17,20-25H,1,6-16H2,2-5H3/b19-17-/t20-,21?,22-,23-,24-,25+,26-,27-/m1/s1. The predicted octanol–water partition coefficient (Wildman–Crippen LogP) is 8.96. The van der Waals surface area contributed by atoms with E-state index in [1.54, 1.807) is 5.57 Å². The molecule has 1 unspecified atom stereocenters. The SMILES string of the molecule is C=C(C)[C@H]1CCC[C@H]2[C@@H]3CC[C@@H]4C[C@](C)(/C(C)=C\I)CCCC4[C@H]3CC[C@]12C. The molecule has 0 radical (unpaired) electrons. The van der Waals surface area contributed by atoms with Crippen LogP contribution in [-0.4, -0.2) is 0 Å². The lowest BCUT2D eigenvalue weighted by atomic mass is 9.45. The number of fused-ring (bicyclic) bond motifs is 5. The quantitative estimate of drug-likeness (QED) is 0.265. The van der Waals surface area contributed by atoms with E-state index in [1.165, 1.54) is 76.2 Å². The van der Waals surface area contributed by atoms with Crippen LogP contribution in [0, 0.1) is 46.3 Å². The van der Waals surface area contributed by atoms with Crippen molar-refractivity contribution in [2.45, 2.75) is 98.3 Å². The maximum atomic E-state index is 4.43. The van der Waals surface area contributed by atoms with E-state index in [0.29, 0.717) is 10.8 Å². The molecule has 4 saturated carbocycles. The van der Waals surface area contributed by atoms with Crippen LogP contribution in [0.3, 0.4) is 0 Å². The highest BCUT2D eigenvalue weighted by atomic mass is 127. The fraction of sp³-hybridized carbons (Fsp3) is 0.852. The zero-order valence-electron chi connectivity index (χ0n) is 18.9. The molecule has 0 aromatic rings. The minimum absolute atomic E-state index is 0.465. The van der Waals surface area contributed by atoms with E-state index in [4.69, 9.17) is 0 Å². The highest BCUT2D eigenvalue weighted by Gasteiger charge is 2.55. The van der Waals surface area contributed by atoms with Gasteiger partial charge in [-0.1, -0.05) is 67.0 Å². The van der Waals surface area contributed by atoms with Crippen molar-refractivity contribution in [3.63, 3.8) is 0 Å². The summed E-state index contributed by atoms with van der Waals surface area (Å²) in [6.07, 6.45) is 16.3. The highest BCUT2D eigenvalue weighted by molar-refractivity contribution is 14.1. The van der Waals surface area contributed by atoms with Crippen LogP contribution in [0.15, 0.2) is 21.8 Å². The molecule has 0 heterocycles. The van der Waals surface area contributed by atoms with Gasteiger partial charge in [0.25, 0.3) is 0 Å². The molecule has 1 heteroatoms. The van der Waals surface area contributed by atoms with E-state index in [-0.39, 0.29) is 0 Å². The molecule has 4 rings (SSSR count). The molecular weight excluding hydrogens is 451 g/mol. The number of hydrogen-bond donors (Lipinski definition) is 0. The van der Waals surface area contributed by atoms with Gasteiger partial charge in [-0.15, -0.1) is 0 Å². The largest absolute Gasteiger partial charge is 0.0998 e. The van der Waals surface area contributed by atoms with Gasteiger partial charge in [0.15, 0.2) is 0 Å². The molecule has 0 bridgehead atoms. The first-order chi connectivity index (χ1) is 13.3. The fourth-order valence-corrected chi connectivity index (χ4v) is 9.59. The molecule has 158 valence electrons. The molecule has 0 aliphatic heterocycles. The molecule has 28 heavy (non-hydrogen) atoms. The van der Waals surface area contributed by atoms with Crippen molar-refractivity contribution in [1.29, 1.82) is 0 Å². The summed E-state index contributed by atoms with van der Waals surface area (Å²) in [6, 6.07) is 0. The lowest BCUT2D eigenvalue weighted by Crippen LogP contribution is -2.52. The van der Waals surface area contributed by atoms with E-state index in [1.807, 2.05) is 0 Å². The minimum Gasteiger partial charge on any atom is -0.0998 e. The maximum absolute atomic E-state index is 4.43. The third-order valence-corrected chi connectivity index (χ3v) is 11.4. The van der Waals surface area contributed by atoms with Crippen molar-refractivity contribution in [1.82, 2.24) is 0 Å². The predicted molar refractivity (Wildman–Crippen MR) is 131 cm³/mol. The topological polar surface area (TPSA) is 0 Å². The average Bonchev–Trinajstić information content (AvgIpc) is 2.85. The van der Waals surface area contributed by atoms with E-state index >= 15 is 0 Å². The van der Waals surface area contributed by atoms with Gasteiger partial charge in [-0.05, 0) is 122 Å². The minimum atomic E-state index is 0.465. The van der Waals surface area contributed by atoms with Gasteiger partial charge in [0.1, 0.15) is 0 Å². The van der Waals surface area contributed by atoms with Gasteiger partial charge in [0, 0.05) is 0 Å². The molecule has 4 aliphatic rings. The van der Waals surface area contributed by atoms with Gasteiger partial charge in [-0.2, -0.15) is 0 Å². The average molecular weight is 495 g/mol. The zero-order chi connectivity index (χ0) is 20.1. The highest BCUT2D eigenvalue weighted by Crippen LogP contribution is 2.64. The first kappa shape index (κ1) is 21.4. The third-order valence-electron chi connectivity index (χ3n) is 10.4. The van der Waals surface area contributed by atoms with Gasteiger partial charge in [-0.3, -0.25) is 0 Å². The van der Waals surface area contributed by atoms with Crippen molar-refractivity contribution < 1.29 is 0 Å². The van der Waals surface area contributed by atoms with Crippen LogP contribution >= 0.6 is 22.6 Å². The van der Waals surface area contributed by atoms with Gasteiger partial charge in [-0.25, -0.2) is 0 Å². The smallest absolute Gasteiger partial charge is 0.0109 e. The Balaban J connectivity index is 1.57. The Morgan fingerprint density at radius 3 is 2.39 bits per heavy atom. The Kier molecular flexibility index (Phi) is 6.16. The van der Waals surface area contributed by atoms with Crippen LogP contribution in [-0.2, 0) is 0 Å². The van der Waals surface area contributed by atoms with Crippen LogP contribution < -0.4 is 0 Å². The van der Waals surface area contributed by atoms with Crippen molar-refractivity contribution >= 4 is 22.6 Å². The molecule has 0 saturated heterocycles. The van der Waals surface area contributed by atoms with Gasteiger partial charge in [0.2, 0.25) is 0 Å². The Hall–Kier alpha value is 0.210. The van der Waals surface area contributed by atoms with E-state index in [9.17, 15) is 0 Å². The number of halogens is 1. The molecule has 0 nitrogen and oxygen atoms in total. The summed E-state index contributed by atoms with van der Waals surface area (Å²) >= 11 is 2.48. The Morgan fingerprint density at radius 1 is 0.893 bits per heavy atom. The molecular formula is C27H43I. The van der Waals surface area contributed by atoms with Crippen LogP contribution in [0.25, 0.3) is 0 Å². The second-order valence-corrected chi connectivity index (χ2v) is 12.4. The summed E-state index contributed by atoms with van der Waals surface area (Å²) < 4.78 is 2.37. The number of hydrogen-bond acceptors (Lipinski definition) is 0. The summed E-state index contributed by atoms with van der Waals surface area (Å²) in [5, 5.41) is 0. The lowest BCUT2D eigenvalue weighted by Gasteiger charge is -2.60. The third kappa shape index (κ3) is 3.48. The Morgan fingerprint density at radius 2 is 1.68 bits per heavy atom. The van der Waals surface area contributed by atoms with Crippen LogP contribution in [0.1, 0.15) is 98.3 Å². The summed E-state index contributed by atoms with van der Waals surface area (Å²) in [6.45, 7) is 14.4. The Labute approximate surface area is 188 Å². The first-order valence-corrected chi connectivity index (χ1v) is 13.5. The van der Waals surface area contributed by atoms with Crippen molar-refractivity contribution in [2.75, 3.05) is 0 Å². The molecule has 0 N–H and O–H groups in total. The van der Waals surface area contributed by atoms with Crippen LogP contribution in [0.2, 0.25) is 0 Å². The van der Waals surface area contributed by atoms with Gasteiger partial charge in [0.05, 0.1) is 0 Å². The molecule has 8 atom stereocenters. The van der Waals surface area contributed by atoms with E-state index in [0.717, 1.165) is 35.5 Å². The zero-order valence-corrected chi connectivity index (χ0v) is 21.1. The van der Waals surface area contributed by atoms with E-state index in [2.05, 4.69) is 60.9 Å². The summed E-state index contributed by atoms with van der Waals surface area (Å²) in [7, 11) is 0.